The van der Waals surface area contributed by atoms with Crippen molar-refractivity contribution in [1.82, 2.24) is 10.2 Å². The summed E-state index contributed by atoms with van der Waals surface area (Å²) in [5.74, 6) is 0.314. The van der Waals surface area contributed by atoms with Crippen molar-refractivity contribution in [2.45, 2.75) is 50.8 Å². The molecule has 166 valence electrons. The Labute approximate surface area is 191 Å². The minimum Gasteiger partial charge on any atom is -0.411 e. The third-order valence-corrected chi connectivity index (χ3v) is 6.15. The highest BCUT2D eigenvalue weighted by Gasteiger charge is 2.29. The number of fused-ring (bicyclic) bond motifs is 1. The lowest BCUT2D eigenvalue weighted by molar-refractivity contribution is -0.117. The van der Waals surface area contributed by atoms with Crippen LogP contribution in [0.2, 0.25) is 0 Å². The van der Waals surface area contributed by atoms with E-state index in [1.54, 1.807) is 11.0 Å². The number of para-hydroxylation sites is 2. The molecule has 0 bridgehead atoms. The summed E-state index contributed by atoms with van der Waals surface area (Å²) in [4.78, 5) is 26.9. The zero-order valence-corrected chi connectivity index (χ0v) is 19.4. The van der Waals surface area contributed by atoms with Gasteiger partial charge >= 0.3 is 0 Å². The van der Waals surface area contributed by atoms with Crippen molar-refractivity contribution >= 4 is 35.0 Å². The number of nitrogens with zero attached hydrogens (tertiary/aromatic N) is 3. The number of benzene rings is 2. The molecule has 1 atom stereocenters. The highest BCUT2D eigenvalue weighted by molar-refractivity contribution is 7.99. The van der Waals surface area contributed by atoms with Crippen LogP contribution < -0.4 is 10.2 Å². The van der Waals surface area contributed by atoms with Crippen LogP contribution in [0.15, 0.2) is 58.2 Å². The monoisotopic (exact) mass is 450 g/mol. The molecular formula is C24H26N4O3S. The summed E-state index contributed by atoms with van der Waals surface area (Å²) >= 11 is 1.19. The molecule has 2 aromatic carbocycles. The quantitative estimate of drug-likeness (QED) is 0.570. The Balaban J connectivity index is 1.46. The normalized spacial score (nSPS) is 16.3. The van der Waals surface area contributed by atoms with Gasteiger partial charge in [0.05, 0.1) is 17.1 Å². The fraction of sp³-hybridized carbons (Fsp3) is 0.333. The number of nitrogens with one attached hydrogen (secondary N) is 1. The van der Waals surface area contributed by atoms with E-state index in [2.05, 4.69) is 48.4 Å². The minimum atomic E-state index is -0.258. The van der Waals surface area contributed by atoms with Crippen molar-refractivity contribution in [3.05, 3.63) is 54.1 Å². The second-order valence-electron chi connectivity index (χ2n) is 8.87. The van der Waals surface area contributed by atoms with Gasteiger partial charge in [0.25, 0.3) is 5.22 Å². The molecule has 0 saturated heterocycles. The Hall–Kier alpha value is -3.13. The van der Waals surface area contributed by atoms with E-state index >= 15 is 0 Å². The number of thioether (sulfide) groups is 1. The molecule has 1 aliphatic heterocycles. The van der Waals surface area contributed by atoms with Gasteiger partial charge in [0.15, 0.2) is 0 Å². The van der Waals surface area contributed by atoms with Gasteiger partial charge in [0.1, 0.15) is 0 Å². The van der Waals surface area contributed by atoms with Crippen molar-refractivity contribution in [3.63, 3.8) is 0 Å². The lowest BCUT2D eigenvalue weighted by Crippen LogP contribution is -2.40. The Morgan fingerprint density at radius 3 is 2.59 bits per heavy atom. The van der Waals surface area contributed by atoms with Gasteiger partial charge in [0.2, 0.25) is 17.7 Å². The molecule has 1 aromatic heterocycles. The number of carbonyl (C=O) groups is 2. The summed E-state index contributed by atoms with van der Waals surface area (Å²) in [5, 5.41) is 11.4. The van der Waals surface area contributed by atoms with Crippen LogP contribution in [0.4, 0.5) is 11.4 Å². The number of hydrogen-bond acceptors (Lipinski definition) is 6. The second-order valence-corrected chi connectivity index (χ2v) is 9.80. The fourth-order valence-electron chi connectivity index (χ4n) is 3.66. The van der Waals surface area contributed by atoms with E-state index in [0.717, 1.165) is 5.56 Å². The smallest absolute Gasteiger partial charge is 0.277 e. The van der Waals surface area contributed by atoms with Crippen LogP contribution in [0.25, 0.3) is 11.5 Å². The Morgan fingerprint density at radius 1 is 1.16 bits per heavy atom. The van der Waals surface area contributed by atoms with Crippen molar-refractivity contribution < 1.29 is 14.0 Å². The van der Waals surface area contributed by atoms with Crippen molar-refractivity contribution in [2.75, 3.05) is 16.0 Å². The van der Waals surface area contributed by atoms with Gasteiger partial charge in [-0.15, -0.1) is 10.2 Å². The van der Waals surface area contributed by atoms with E-state index in [-0.39, 0.29) is 35.4 Å². The fourth-order valence-corrected chi connectivity index (χ4v) is 4.28. The topological polar surface area (TPSA) is 88.3 Å². The largest absolute Gasteiger partial charge is 0.411 e. The molecule has 2 heterocycles. The second kappa shape index (κ2) is 8.78. The predicted octanol–water partition coefficient (Wildman–Crippen LogP) is 4.89. The molecule has 0 spiro atoms. The lowest BCUT2D eigenvalue weighted by atomic mass is 9.87. The first-order valence-electron chi connectivity index (χ1n) is 10.5. The van der Waals surface area contributed by atoms with Crippen LogP contribution in [0.5, 0.6) is 0 Å². The van der Waals surface area contributed by atoms with Gasteiger partial charge in [-0.25, -0.2) is 0 Å². The third kappa shape index (κ3) is 4.70. The molecule has 1 aliphatic rings. The number of hydrogen-bond donors (Lipinski definition) is 1. The highest BCUT2D eigenvalue weighted by Crippen LogP contribution is 2.33. The molecule has 4 rings (SSSR count). The first-order valence-corrected chi connectivity index (χ1v) is 11.5. The molecule has 2 amide bonds. The van der Waals surface area contributed by atoms with Gasteiger partial charge in [-0.05, 0) is 42.2 Å². The zero-order valence-electron chi connectivity index (χ0n) is 18.6. The highest BCUT2D eigenvalue weighted by atomic mass is 32.2. The third-order valence-electron chi connectivity index (χ3n) is 5.35. The first kappa shape index (κ1) is 22.1. The molecular weight excluding hydrogens is 424 g/mol. The Morgan fingerprint density at radius 2 is 1.88 bits per heavy atom. The first-order chi connectivity index (χ1) is 15.2. The maximum atomic E-state index is 13.1. The molecule has 0 unspecified atom stereocenters. The average molecular weight is 451 g/mol. The van der Waals surface area contributed by atoms with Crippen LogP contribution in [0.1, 0.15) is 39.7 Å². The van der Waals surface area contributed by atoms with Crippen molar-refractivity contribution in [1.29, 1.82) is 0 Å². The van der Waals surface area contributed by atoms with Gasteiger partial charge in [0, 0.05) is 18.0 Å². The molecule has 32 heavy (non-hydrogen) atoms. The number of aromatic nitrogens is 2. The molecule has 0 radical (unpaired) electrons. The minimum absolute atomic E-state index is 0.0674. The summed E-state index contributed by atoms with van der Waals surface area (Å²) in [6, 6.07) is 15.1. The zero-order chi connectivity index (χ0) is 22.9. The summed E-state index contributed by atoms with van der Waals surface area (Å²) in [7, 11) is 0. The number of amides is 2. The molecule has 0 fully saturated rings. The van der Waals surface area contributed by atoms with E-state index in [1.165, 1.54) is 17.3 Å². The average Bonchev–Trinajstić information content (AvgIpc) is 3.17. The van der Waals surface area contributed by atoms with Crippen LogP contribution >= 0.6 is 11.8 Å². The molecule has 8 heteroatoms. The molecule has 0 saturated carbocycles. The van der Waals surface area contributed by atoms with Gasteiger partial charge < -0.3 is 14.6 Å². The number of rotatable bonds is 4. The summed E-state index contributed by atoms with van der Waals surface area (Å²) in [5.41, 5.74) is 3.46. The standard InChI is InChI=1S/C24H26N4O3S/c1-15-13-20(29)25-18-7-5-6-8-19(18)28(15)21(30)14-32-23-27-26-22(31-23)16-9-11-17(12-10-16)24(2,3)4/h5-12,15H,13-14H2,1-4H3,(H,25,29)/t15-/m1/s1. The van der Waals surface area contributed by atoms with Crippen LogP contribution in [0.3, 0.4) is 0 Å². The van der Waals surface area contributed by atoms with Crippen LogP contribution in [-0.2, 0) is 15.0 Å². The van der Waals surface area contributed by atoms with Gasteiger partial charge in [-0.2, -0.15) is 0 Å². The molecule has 0 aliphatic carbocycles. The maximum Gasteiger partial charge on any atom is 0.277 e. The number of carbonyl (C=O) groups excluding carboxylic acids is 2. The molecule has 7 nitrogen and oxygen atoms in total. The predicted molar refractivity (Wildman–Crippen MR) is 126 cm³/mol. The van der Waals surface area contributed by atoms with Crippen LogP contribution in [-0.4, -0.2) is 33.8 Å². The lowest BCUT2D eigenvalue weighted by Gasteiger charge is -2.27. The van der Waals surface area contributed by atoms with Crippen molar-refractivity contribution in [3.8, 4) is 11.5 Å². The van der Waals surface area contributed by atoms with Gasteiger partial charge in [-0.1, -0.05) is 56.8 Å². The van der Waals surface area contributed by atoms with E-state index in [9.17, 15) is 9.59 Å². The summed E-state index contributed by atoms with van der Waals surface area (Å²) in [6.07, 6.45) is 0.236. The molecule has 3 aromatic rings. The van der Waals surface area contributed by atoms with E-state index in [4.69, 9.17) is 4.42 Å². The van der Waals surface area contributed by atoms with Crippen molar-refractivity contribution in [2.24, 2.45) is 0 Å². The van der Waals surface area contributed by atoms with E-state index in [0.29, 0.717) is 22.5 Å². The number of anilines is 2. The Kier molecular flexibility index (Phi) is 6.06. The van der Waals surface area contributed by atoms with E-state index < -0.39 is 0 Å². The van der Waals surface area contributed by atoms with E-state index in [1.807, 2.05) is 37.3 Å². The summed E-state index contributed by atoms with van der Waals surface area (Å²) < 4.78 is 5.77. The summed E-state index contributed by atoms with van der Waals surface area (Å²) in [6.45, 7) is 8.36. The van der Waals surface area contributed by atoms with Crippen LogP contribution in [0, 0.1) is 0 Å². The van der Waals surface area contributed by atoms with Gasteiger partial charge in [-0.3, -0.25) is 9.59 Å². The maximum absolute atomic E-state index is 13.1. The Bertz CT molecular complexity index is 1130. The molecule has 1 N–H and O–H groups in total. The SMILES string of the molecule is C[C@@H]1CC(=O)Nc2ccccc2N1C(=O)CSc1nnc(-c2ccc(C(C)(C)C)cc2)o1.